The van der Waals surface area contributed by atoms with E-state index in [-0.39, 0.29) is 25.4 Å². The predicted molar refractivity (Wildman–Crippen MR) is 68.7 cm³/mol. The Kier molecular flexibility index (Phi) is 4.23. The number of nitrogens with zero attached hydrogens (tertiary/aromatic N) is 1. The summed E-state index contributed by atoms with van der Waals surface area (Å²) in [5.41, 5.74) is -0.437. The van der Waals surface area contributed by atoms with Crippen molar-refractivity contribution >= 4 is 5.91 Å². The van der Waals surface area contributed by atoms with Gasteiger partial charge in [0.15, 0.2) is 0 Å². The fourth-order valence-corrected chi connectivity index (χ4v) is 2.25. The standard InChI is InChI=1S/C14H17F2NO3/c1-2-20-12-6-4-3-5-11(12)14(15,16)13(19)17-8-7-10(18)9-17/h3-6,10,18H,2,7-9H2,1H3/t10-/m1/s1. The van der Waals surface area contributed by atoms with Crippen LogP contribution < -0.4 is 4.74 Å². The second-order valence-corrected chi connectivity index (χ2v) is 4.70. The van der Waals surface area contributed by atoms with Crippen molar-refractivity contribution in [3.05, 3.63) is 29.8 Å². The fourth-order valence-electron chi connectivity index (χ4n) is 2.25. The van der Waals surface area contributed by atoms with Gasteiger partial charge in [0, 0.05) is 13.1 Å². The number of rotatable bonds is 4. The van der Waals surface area contributed by atoms with Gasteiger partial charge in [-0.25, -0.2) is 0 Å². The van der Waals surface area contributed by atoms with Crippen LogP contribution >= 0.6 is 0 Å². The molecule has 1 amide bonds. The van der Waals surface area contributed by atoms with Gasteiger partial charge in [-0.15, -0.1) is 0 Å². The van der Waals surface area contributed by atoms with Gasteiger partial charge >= 0.3 is 5.92 Å². The molecule has 0 aromatic heterocycles. The topological polar surface area (TPSA) is 49.8 Å². The number of likely N-dealkylation sites (tertiary alicyclic amines) is 1. The molecule has 0 bridgehead atoms. The molecular weight excluding hydrogens is 268 g/mol. The lowest BCUT2D eigenvalue weighted by atomic mass is 10.1. The molecule has 20 heavy (non-hydrogen) atoms. The Bertz CT molecular complexity index is 493. The van der Waals surface area contributed by atoms with Crippen LogP contribution in [0, 0.1) is 0 Å². The lowest BCUT2D eigenvalue weighted by Gasteiger charge is -2.24. The summed E-state index contributed by atoms with van der Waals surface area (Å²) in [6, 6.07) is 5.63. The third-order valence-electron chi connectivity index (χ3n) is 3.24. The maximum absolute atomic E-state index is 14.4. The molecule has 0 unspecified atom stereocenters. The molecule has 1 saturated heterocycles. The van der Waals surface area contributed by atoms with Crippen molar-refractivity contribution in [1.29, 1.82) is 0 Å². The van der Waals surface area contributed by atoms with Crippen molar-refractivity contribution in [3.63, 3.8) is 0 Å². The number of para-hydroxylation sites is 1. The van der Waals surface area contributed by atoms with Crippen LogP contribution in [0.25, 0.3) is 0 Å². The van der Waals surface area contributed by atoms with E-state index < -0.39 is 23.5 Å². The van der Waals surface area contributed by atoms with E-state index in [1.54, 1.807) is 13.0 Å². The van der Waals surface area contributed by atoms with Gasteiger partial charge in [0.1, 0.15) is 5.75 Å². The van der Waals surface area contributed by atoms with Crippen LogP contribution in [0.2, 0.25) is 0 Å². The largest absolute Gasteiger partial charge is 0.493 e. The molecule has 0 aliphatic carbocycles. The maximum Gasteiger partial charge on any atom is 0.353 e. The first-order valence-electron chi connectivity index (χ1n) is 6.54. The van der Waals surface area contributed by atoms with Crippen molar-refractivity contribution in [2.45, 2.75) is 25.4 Å². The highest BCUT2D eigenvalue weighted by atomic mass is 19.3. The van der Waals surface area contributed by atoms with Gasteiger partial charge < -0.3 is 14.7 Å². The molecule has 4 nitrogen and oxygen atoms in total. The monoisotopic (exact) mass is 285 g/mol. The molecule has 1 heterocycles. The number of aliphatic hydroxyl groups is 1. The number of ether oxygens (including phenoxy) is 1. The minimum atomic E-state index is -3.66. The van der Waals surface area contributed by atoms with E-state index in [9.17, 15) is 18.7 Å². The molecule has 0 saturated carbocycles. The average molecular weight is 285 g/mol. The number of alkyl halides is 2. The third kappa shape index (κ3) is 2.75. The summed E-state index contributed by atoms with van der Waals surface area (Å²) in [7, 11) is 0. The van der Waals surface area contributed by atoms with Crippen molar-refractivity contribution in [2.24, 2.45) is 0 Å². The molecule has 1 aromatic carbocycles. The Morgan fingerprint density at radius 2 is 2.20 bits per heavy atom. The Labute approximate surface area is 116 Å². The van der Waals surface area contributed by atoms with E-state index in [0.717, 1.165) is 4.90 Å². The van der Waals surface area contributed by atoms with Gasteiger partial charge in [0.2, 0.25) is 0 Å². The van der Waals surface area contributed by atoms with Gasteiger partial charge in [-0.1, -0.05) is 12.1 Å². The molecule has 1 aromatic rings. The van der Waals surface area contributed by atoms with Gasteiger partial charge in [-0.2, -0.15) is 8.78 Å². The molecule has 110 valence electrons. The van der Waals surface area contributed by atoms with Crippen molar-refractivity contribution in [2.75, 3.05) is 19.7 Å². The van der Waals surface area contributed by atoms with Crippen LogP contribution in [0.5, 0.6) is 5.75 Å². The van der Waals surface area contributed by atoms with Crippen LogP contribution in [0.4, 0.5) is 8.78 Å². The summed E-state index contributed by atoms with van der Waals surface area (Å²) >= 11 is 0. The zero-order valence-corrected chi connectivity index (χ0v) is 11.2. The van der Waals surface area contributed by atoms with Gasteiger partial charge in [0.25, 0.3) is 5.91 Å². The predicted octanol–water partition coefficient (Wildman–Crippen LogP) is 1.77. The highest BCUT2D eigenvalue weighted by molar-refractivity contribution is 5.86. The quantitative estimate of drug-likeness (QED) is 0.917. The number of carbonyl (C=O) groups is 1. The number of amides is 1. The molecule has 1 aliphatic rings. The SMILES string of the molecule is CCOc1ccccc1C(F)(F)C(=O)N1CC[C@@H](O)C1. The van der Waals surface area contributed by atoms with E-state index in [1.165, 1.54) is 18.2 Å². The van der Waals surface area contributed by atoms with Crippen LogP contribution in [0.1, 0.15) is 18.9 Å². The first kappa shape index (κ1) is 14.7. The lowest BCUT2D eigenvalue weighted by molar-refractivity contribution is -0.158. The molecule has 1 aliphatic heterocycles. The van der Waals surface area contributed by atoms with E-state index in [0.29, 0.717) is 6.42 Å². The number of hydrogen-bond donors (Lipinski definition) is 1. The third-order valence-corrected chi connectivity index (χ3v) is 3.24. The molecule has 0 spiro atoms. The summed E-state index contributed by atoms with van der Waals surface area (Å²) in [5, 5.41) is 9.36. The van der Waals surface area contributed by atoms with Crippen molar-refractivity contribution in [3.8, 4) is 5.75 Å². The molecule has 6 heteroatoms. The van der Waals surface area contributed by atoms with Crippen LogP contribution in [0.3, 0.4) is 0 Å². The van der Waals surface area contributed by atoms with Crippen LogP contribution in [-0.2, 0) is 10.7 Å². The van der Waals surface area contributed by atoms with Crippen molar-refractivity contribution < 1.29 is 23.4 Å². The lowest BCUT2D eigenvalue weighted by Crippen LogP contribution is -2.41. The number of halogens is 2. The molecule has 1 fully saturated rings. The Morgan fingerprint density at radius 1 is 1.50 bits per heavy atom. The average Bonchev–Trinajstić information content (AvgIpc) is 2.85. The second-order valence-electron chi connectivity index (χ2n) is 4.70. The second kappa shape index (κ2) is 5.75. The smallest absolute Gasteiger partial charge is 0.353 e. The normalized spacial score (nSPS) is 19.2. The molecule has 1 atom stereocenters. The number of carbonyl (C=O) groups excluding carboxylic acids is 1. The van der Waals surface area contributed by atoms with E-state index in [2.05, 4.69) is 0 Å². The zero-order valence-electron chi connectivity index (χ0n) is 11.2. The van der Waals surface area contributed by atoms with E-state index in [4.69, 9.17) is 4.74 Å². The van der Waals surface area contributed by atoms with E-state index in [1.807, 2.05) is 0 Å². The zero-order chi connectivity index (χ0) is 14.8. The van der Waals surface area contributed by atoms with E-state index >= 15 is 0 Å². The van der Waals surface area contributed by atoms with Gasteiger partial charge in [0.05, 0.1) is 18.3 Å². The Morgan fingerprint density at radius 3 is 2.80 bits per heavy atom. The summed E-state index contributed by atoms with van der Waals surface area (Å²) in [5.74, 6) is -4.94. The number of β-amino-alcohol motifs (C(OH)–C–C–N with tert-alkyl or cyclic N) is 1. The highest BCUT2D eigenvalue weighted by Gasteiger charge is 2.47. The van der Waals surface area contributed by atoms with Crippen LogP contribution in [0.15, 0.2) is 24.3 Å². The maximum atomic E-state index is 14.4. The molecule has 2 rings (SSSR count). The Balaban J connectivity index is 2.27. The molecule has 0 radical (unpaired) electrons. The number of aliphatic hydroxyl groups excluding tert-OH is 1. The molecular formula is C14H17F2NO3. The first-order valence-corrected chi connectivity index (χ1v) is 6.54. The Hall–Kier alpha value is -1.69. The summed E-state index contributed by atoms with van der Waals surface area (Å²) in [6.07, 6.45) is -0.397. The summed E-state index contributed by atoms with van der Waals surface area (Å²) in [4.78, 5) is 13.0. The van der Waals surface area contributed by atoms with Crippen LogP contribution in [-0.4, -0.2) is 41.7 Å². The highest BCUT2D eigenvalue weighted by Crippen LogP contribution is 2.37. The number of benzene rings is 1. The minimum absolute atomic E-state index is 0.00750. The fraction of sp³-hybridized carbons (Fsp3) is 0.500. The minimum Gasteiger partial charge on any atom is -0.493 e. The molecule has 1 N–H and O–H groups in total. The summed E-state index contributed by atoms with van der Waals surface area (Å²) < 4.78 is 33.9. The van der Waals surface area contributed by atoms with Crippen molar-refractivity contribution in [1.82, 2.24) is 4.90 Å². The van der Waals surface area contributed by atoms with Gasteiger partial charge in [-0.3, -0.25) is 4.79 Å². The summed E-state index contributed by atoms with van der Waals surface area (Å²) in [6.45, 7) is 2.02. The number of hydrogen-bond acceptors (Lipinski definition) is 3. The van der Waals surface area contributed by atoms with Gasteiger partial charge in [-0.05, 0) is 25.5 Å². The first-order chi connectivity index (χ1) is 9.46.